The van der Waals surface area contributed by atoms with Crippen molar-refractivity contribution in [1.29, 1.82) is 0 Å². The molecule has 0 saturated heterocycles. The van der Waals surface area contributed by atoms with E-state index < -0.39 is 17.9 Å². The number of rotatable bonds is 9. The van der Waals surface area contributed by atoms with Crippen molar-refractivity contribution in [3.63, 3.8) is 0 Å². The van der Waals surface area contributed by atoms with E-state index in [1.807, 2.05) is 50.2 Å². The fraction of sp³-hybridized carbons (Fsp3) is 0.333. The van der Waals surface area contributed by atoms with Gasteiger partial charge in [-0.05, 0) is 37.6 Å². The van der Waals surface area contributed by atoms with Gasteiger partial charge in [0.05, 0.1) is 51.6 Å². The molecule has 0 N–H and O–H groups in total. The average Bonchev–Trinajstić information content (AvgIpc) is 2.87. The molecule has 0 bridgehead atoms. The van der Waals surface area contributed by atoms with Gasteiger partial charge < -0.3 is 28.6 Å². The van der Waals surface area contributed by atoms with Gasteiger partial charge in [0.2, 0.25) is 0 Å². The summed E-state index contributed by atoms with van der Waals surface area (Å²) < 4.78 is 26.9. The summed E-state index contributed by atoms with van der Waals surface area (Å²) in [5.41, 5.74) is 2.12. The minimum atomic E-state index is -0.730. The number of hydrogen-bond acceptors (Lipinski definition) is 8. The molecule has 0 amide bonds. The van der Waals surface area contributed by atoms with E-state index in [1.165, 1.54) is 14.2 Å². The fourth-order valence-corrected chi connectivity index (χ4v) is 3.98. The predicted molar refractivity (Wildman–Crippen MR) is 130 cm³/mol. The molecule has 0 saturated carbocycles. The van der Waals surface area contributed by atoms with Gasteiger partial charge in [-0.15, -0.1) is 0 Å². The highest BCUT2D eigenvalue weighted by Crippen LogP contribution is 2.41. The minimum Gasteiger partial charge on any atom is -0.493 e. The summed E-state index contributed by atoms with van der Waals surface area (Å²) in [6.45, 7) is 4.19. The van der Waals surface area contributed by atoms with Crippen LogP contribution in [-0.2, 0) is 25.6 Å². The van der Waals surface area contributed by atoms with Crippen LogP contribution in [0.4, 0.5) is 0 Å². The quantitative estimate of drug-likeness (QED) is 0.493. The molecular weight excluding hydrogens is 450 g/mol. The second-order valence-corrected chi connectivity index (χ2v) is 8.15. The third-order valence-electron chi connectivity index (χ3n) is 5.48. The number of carbonyl (C=O) groups excluding carboxylic acids is 2. The third-order valence-corrected chi connectivity index (χ3v) is 5.48. The molecule has 3 rings (SSSR count). The molecule has 0 aromatic heterocycles. The second-order valence-electron chi connectivity index (χ2n) is 8.15. The lowest BCUT2D eigenvalue weighted by atomic mass is 9.82. The maximum absolute atomic E-state index is 12.9. The molecular formula is C27H31NO7. The zero-order chi connectivity index (χ0) is 25.5. The second kappa shape index (κ2) is 11.5. The summed E-state index contributed by atoms with van der Waals surface area (Å²) in [6, 6.07) is 12.9. The standard InChI is InChI=1S/C27H31NO7/c1-17(2)35-22-10-8-7-9-19(22)25-20(26(29)33-5)15-28(16-21(25)27(30)34-6)14-18-11-12-23(31-3)24(13-18)32-4/h7-13,15-17,25H,14H2,1-6H3. The number of carbonyl (C=O) groups is 2. The first-order valence-corrected chi connectivity index (χ1v) is 11.1. The number of para-hydroxylation sites is 1. The number of ether oxygens (including phenoxy) is 5. The van der Waals surface area contributed by atoms with E-state index in [1.54, 1.807) is 37.6 Å². The summed E-state index contributed by atoms with van der Waals surface area (Å²) in [4.78, 5) is 27.6. The van der Waals surface area contributed by atoms with Crippen molar-refractivity contribution < 1.29 is 33.3 Å². The molecule has 8 heteroatoms. The maximum atomic E-state index is 12.9. The van der Waals surface area contributed by atoms with E-state index in [0.717, 1.165) is 5.56 Å². The van der Waals surface area contributed by atoms with Crippen LogP contribution in [0.25, 0.3) is 0 Å². The summed E-state index contributed by atoms with van der Waals surface area (Å²) in [7, 11) is 5.76. The molecule has 0 radical (unpaired) electrons. The Morgan fingerprint density at radius 2 is 1.43 bits per heavy atom. The highest BCUT2D eigenvalue weighted by Gasteiger charge is 2.37. The van der Waals surface area contributed by atoms with Crippen molar-refractivity contribution in [3.8, 4) is 17.2 Å². The smallest absolute Gasteiger partial charge is 0.336 e. The minimum absolute atomic E-state index is 0.0996. The van der Waals surface area contributed by atoms with Gasteiger partial charge >= 0.3 is 11.9 Å². The fourth-order valence-electron chi connectivity index (χ4n) is 3.98. The van der Waals surface area contributed by atoms with Crippen LogP contribution in [0.2, 0.25) is 0 Å². The van der Waals surface area contributed by atoms with E-state index >= 15 is 0 Å². The highest BCUT2D eigenvalue weighted by molar-refractivity contribution is 5.98. The van der Waals surface area contributed by atoms with Gasteiger partial charge in [-0.25, -0.2) is 9.59 Å². The average molecular weight is 482 g/mol. The van der Waals surface area contributed by atoms with Crippen molar-refractivity contribution in [3.05, 3.63) is 77.1 Å². The number of hydrogen-bond donors (Lipinski definition) is 0. The van der Waals surface area contributed by atoms with Gasteiger partial charge in [-0.3, -0.25) is 0 Å². The first kappa shape index (κ1) is 25.7. The van der Waals surface area contributed by atoms with Crippen molar-refractivity contribution in [2.24, 2.45) is 0 Å². The van der Waals surface area contributed by atoms with Gasteiger partial charge in [-0.2, -0.15) is 0 Å². The Hall–Kier alpha value is -3.94. The molecule has 186 valence electrons. The van der Waals surface area contributed by atoms with Gasteiger partial charge in [0.15, 0.2) is 11.5 Å². The van der Waals surface area contributed by atoms with Crippen LogP contribution >= 0.6 is 0 Å². The third kappa shape index (κ3) is 5.77. The Kier molecular flexibility index (Phi) is 8.41. The summed E-state index contributed by atoms with van der Waals surface area (Å²) in [5, 5.41) is 0. The lowest BCUT2D eigenvalue weighted by Crippen LogP contribution is -2.29. The lowest BCUT2D eigenvalue weighted by molar-refractivity contribution is -0.137. The van der Waals surface area contributed by atoms with Crippen LogP contribution in [0.15, 0.2) is 66.0 Å². The molecule has 0 spiro atoms. The SMILES string of the molecule is COC(=O)C1=CN(Cc2ccc(OC)c(OC)c2)C=C(C(=O)OC)C1c1ccccc1OC(C)C. The Labute approximate surface area is 205 Å². The molecule has 0 fully saturated rings. The van der Waals surface area contributed by atoms with E-state index in [0.29, 0.717) is 29.4 Å². The van der Waals surface area contributed by atoms with Crippen LogP contribution in [0.3, 0.4) is 0 Å². The van der Waals surface area contributed by atoms with E-state index in [9.17, 15) is 9.59 Å². The van der Waals surface area contributed by atoms with Crippen LogP contribution in [0, 0.1) is 0 Å². The van der Waals surface area contributed by atoms with E-state index in [-0.39, 0.29) is 17.3 Å². The molecule has 1 aliphatic heterocycles. The topological polar surface area (TPSA) is 83.5 Å². The number of nitrogens with zero attached hydrogens (tertiary/aromatic N) is 1. The summed E-state index contributed by atoms with van der Waals surface area (Å²) in [6.07, 6.45) is 3.27. The first-order valence-electron chi connectivity index (χ1n) is 11.1. The van der Waals surface area contributed by atoms with Gasteiger partial charge in [0, 0.05) is 24.5 Å². The van der Waals surface area contributed by atoms with Crippen molar-refractivity contribution in [1.82, 2.24) is 4.90 Å². The van der Waals surface area contributed by atoms with E-state index in [4.69, 9.17) is 23.7 Å². The molecule has 35 heavy (non-hydrogen) atoms. The zero-order valence-electron chi connectivity index (χ0n) is 20.9. The normalized spacial score (nSPS) is 13.6. The largest absolute Gasteiger partial charge is 0.493 e. The molecule has 2 aromatic carbocycles. The van der Waals surface area contributed by atoms with Crippen LogP contribution in [0.5, 0.6) is 17.2 Å². The van der Waals surface area contributed by atoms with Crippen molar-refractivity contribution in [2.45, 2.75) is 32.4 Å². The number of benzene rings is 2. The zero-order valence-corrected chi connectivity index (χ0v) is 20.9. The van der Waals surface area contributed by atoms with Crippen molar-refractivity contribution >= 4 is 11.9 Å². The summed E-state index contributed by atoms with van der Waals surface area (Å²) >= 11 is 0. The highest BCUT2D eigenvalue weighted by atomic mass is 16.5. The lowest BCUT2D eigenvalue weighted by Gasteiger charge is -2.31. The Morgan fingerprint density at radius 1 is 0.829 bits per heavy atom. The molecule has 2 aromatic rings. The maximum Gasteiger partial charge on any atom is 0.336 e. The molecule has 0 unspecified atom stereocenters. The van der Waals surface area contributed by atoms with Gasteiger partial charge in [0.1, 0.15) is 5.75 Å². The molecule has 1 heterocycles. The first-order chi connectivity index (χ1) is 16.8. The van der Waals surface area contributed by atoms with Crippen molar-refractivity contribution in [2.75, 3.05) is 28.4 Å². The predicted octanol–water partition coefficient (Wildman–Crippen LogP) is 4.20. The number of methoxy groups -OCH3 is 4. The van der Waals surface area contributed by atoms with Gasteiger partial charge in [-0.1, -0.05) is 24.3 Å². The van der Waals surface area contributed by atoms with Gasteiger partial charge in [0.25, 0.3) is 0 Å². The van der Waals surface area contributed by atoms with Crippen LogP contribution in [0.1, 0.15) is 30.9 Å². The molecule has 0 aliphatic carbocycles. The Balaban J connectivity index is 2.10. The van der Waals surface area contributed by atoms with Crippen LogP contribution < -0.4 is 14.2 Å². The molecule has 0 atom stereocenters. The number of esters is 2. The van der Waals surface area contributed by atoms with Crippen LogP contribution in [-0.4, -0.2) is 51.4 Å². The Bertz CT molecular complexity index is 1100. The monoisotopic (exact) mass is 481 g/mol. The Morgan fingerprint density at radius 3 is 1.97 bits per heavy atom. The molecule has 8 nitrogen and oxygen atoms in total. The molecule has 1 aliphatic rings. The van der Waals surface area contributed by atoms with E-state index in [2.05, 4.69) is 0 Å². The summed E-state index contributed by atoms with van der Waals surface area (Å²) in [5.74, 6) is -0.0819.